The second-order valence-corrected chi connectivity index (χ2v) is 7.02. The Bertz CT molecular complexity index is 302. The van der Waals surface area contributed by atoms with E-state index in [2.05, 4.69) is 31.0 Å². The minimum Gasteiger partial charge on any atom is -0.468 e. The van der Waals surface area contributed by atoms with Crippen LogP contribution in [-0.2, 0) is 9.53 Å². The number of carbonyl (C=O) groups is 1. The van der Waals surface area contributed by atoms with Crippen molar-refractivity contribution in [3.63, 3.8) is 0 Å². The van der Waals surface area contributed by atoms with Crippen LogP contribution in [0.5, 0.6) is 0 Å². The van der Waals surface area contributed by atoms with Crippen LogP contribution in [0.3, 0.4) is 0 Å². The van der Waals surface area contributed by atoms with Gasteiger partial charge in [-0.25, -0.2) is 0 Å². The molecule has 0 aromatic carbocycles. The summed E-state index contributed by atoms with van der Waals surface area (Å²) in [4.78, 5) is 13.6. The molecule has 0 saturated carbocycles. The smallest absolute Gasteiger partial charge is 0.319 e. The van der Waals surface area contributed by atoms with Crippen LogP contribution in [0.15, 0.2) is 0 Å². The van der Waals surface area contributed by atoms with E-state index in [1.165, 1.54) is 7.11 Å². The summed E-state index contributed by atoms with van der Waals surface area (Å²) in [7, 11) is 1.42. The molecule has 2 atom stereocenters. The molecule has 5 nitrogen and oxygen atoms in total. The van der Waals surface area contributed by atoms with E-state index in [0.29, 0.717) is 18.5 Å². The van der Waals surface area contributed by atoms with E-state index in [4.69, 9.17) is 9.84 Å². The predicted octanol–water partition coefficient (Wildman–Crippen LogP) is 0.868. The van der Waals surface area contributed by atoms with Gasteiger partial charge in [0.2, 0.25) is 0 Å². The highest BCUT2D eigenvalue weighted by Gasteiger charge is 2.28. The highest BCUT2D eigenvalue weighted by atomic mass is 16.5. The number of esters is 1. The van der Waals surface area contributed by atoms with Gasteiger partial charge in [0.15, 0.2) is 0 Å². The Labute approximate surface area is 122 Å². The minimum atomic E-state index is -0.191. The van der Waals surface area contributed by atoms with Crippen LogP contribution >= 0.6 is 0 Å². The standard InChI is InChI=1S/C15H30N2O3/c1-15(2,3)11-16-13-7-12(5-6-18)8-17(9-13)10-14(19)20-4/h12-13,16,18H,5-11H2,1-4H3. The van der Waals surface area contributed by atoms with Gasteiger partial charge in [0, 0.05) is 32.3 Å². The number of methoxy groups -OCH3 is 1. The number of aliphatic hydroxyl groups excluding tert-OH is 1. The van der Waals surface area contributed by atoms with Crippen LogP contribution in [0.1, 0.15) is 33.6 Å². The first-order valence-corrected chi connectivity index (χ1v) is 7.47. The van der Waals surface area contributed by atoms with Crippen LogP contribution in [-0.4, -0.2) is 61.9 Å². The SMILES string of the molecule is COC(=O)CN1CC(CCO)CC(NCC(C)(C)C)C1. The van der Waals surface area contributed by atoms with Crippen molar-refractivity contribution in [3.05, 3.63) is 0 Å². The third-order valence-electron chi connectivity index (χ3n) is 3.65. The molecule has 1 aliphatic heterocycles. The quantitative estimate of drug-likeness (QED) is 0.709. The van der Waals surface area contributed by atoms with Gasteiger partial charge in [0.1, 0.15) is 0 Å². The summed E-state index contributed by atoms with van der Waals surface area (Å²) < 4.78 is 4.75. The fraction of sp³-hybridized carbons (Fsp3) is 0.933. The molecule has 2 N–H and O–H groups in total. The Hall–Kier alpha value is -0.650. The number of carbonyl (C=O) groups excluding carboxylic acids is 1. The number of hydrogen-bond acceptors (Lipinski definition) is 5. The van der Waals surface area contributed by atoms with Gasteiger partial charge in [-0.05, 0) is 24.2 Å². The maximum Gasteiger partial charge on any atom is 0.319 e. The molecule has 0 aliphatic carbocycles. The molecule has 5 heteroatoms. The van der Waals surface area contributed by atoms with E-state index >= 15 is 0 Å². The summed E-state index contributed by atoms with van der Waals surface area (Å²) in [5.41, 5.74) is 0.247. The zero-order chi connectivity index (χ0) is 15.2. The van der Waals surface area contributed by atoms with Gasteiger partial charge in [0.05, 0.1) is 13.7 Å². The topological polar surface area (TPSA) is 61.8 Å². The second-order valence-electron chi connectivity index (χ2n) is 7.02. The van der Waals surface area contributed by atoms with Gasteiger partial charge in [-0.1, -0.05) is 20.8 Å². The first kappa shape index (κ1) is 17.4. The molecule has 0 radical (unpaired) electrons. The Morgan fingerprint density at radius 1 is 1.40 bits per heavy atom. The lowest BCUT2D eigenvalue weighted by atomic mass is 9.90. The Balaban J connectivity index is 2.53. The lowest BCUT2D eigenvalue weighted by Crippen LogP contribution is -2.52. The molecule has 0 amide bonds. The van der Waals surface area contributed by atoms with Crippen molar-refractivity contribution in [1.29, 1.82) is 0 Å². The van der Waals surface area contributed by atoms with E-state index in [0.717, 1.165) is 32.5 Å². The van der Waals surface area contributed by atoms with E-state index in [-0.39, 0.29) is 18.0 Å². The molecule has 0 aromatic rings. The molecule has 20 heavy (non-hydrogen) atoms. The summed E-state index contributed by atoms with van der Waals surface area (Å²) in [6.45, 7) is 9.86. The minimum absolute atomic E-state index is 0.191. The van der Waals surface area contributed by atoms with E-state index < -0.39 is 0 Å². The number of hydrogen-bond donors (Lipinski definition) is 2. The largest absolute Gasteiger partial charge is 0.468 e. The molecule has 1 fully saturated rings. The Morgan fingerprint density at radius 2 is 2.10 bits per heavy atom. The van der Waals surface area contributed by atoms with Crippen molar-refractivity contribution in [2.75, 3.05) is 39.9 Å². The highest BCUT2D eigenvalue weighted by molar-refractivity contribution is 5.71. The molecule has 0 bridgehead atoms. The van der Waals surface area contributed by atoms with Crippen LogP contribution in [0.4, 0.5) is 0 Å². The third-order valence-corrected chi connectivity index (χ3v) is 3.65. The number of nitrogens with zero attached hydrogens (tertiary/aromatic N) is 1. The van der Waals surface area contributed by atoms with Crippen molar-refractivity contribution in [2.45, 2.75) is 39.7 Å². The van der Waals surface area contributed by atoms with Gasteiger partial charge in [-0.15, -0.1) is 0 Å². The molecule has 1 saturated heterocycles. The van der Waals surface area contributed by atoms with Crippen molar-refractivity contribution in [2.24, 2.45) is 11.3 Å². The summed E-state index contributed by atoms with van der Waals surface area (Å²) in [6.07, 6.45) is 1.86. The summed E-state index contributed by atoms with van der Waals surface area (Å²) in [5, 5.41) is 12.7. The number of likely N-dealkylation sites (tertiary alicyclic amines) is 1. The van der Waals surface area contributed by atoms with Crippen molar-refractivity contribution in [1.82, 2.24) is 10.2 Å². The molecule has 1 aliphatic rings. The molecular formula is C15H30N2O3. The average molecular weight is 286 g/mol. The van der Waals surface area contributed by atoms with Crippen LogP contribution in [0, 0.1) is 11.3 Å². The fourth-order valence-electron chi connectivity index (χ4n) is 2.67. The molecule has 1 rings (SSSR count). The van der Waals surface area contributed by atoms with Crippen LogP contribution in [0.25, 0.3) is 0 Å². The van der Waals surface area contributed by atoms with Crippen LogP contribution < -0.4 is 5.32 Å². The molecule has 118 valence electrons. The highest BCUT2D eigenvalue weighted by Crippen LogP contribution is 2.21. The van der Waals surface area contributed by atoms with Crippen molar-refractivity contribution in [3.8, 4) is 0 Å². The molecule has 1 heterocycles. The fourth-order valence-corrected chi connectivity index (χ4v) is 2.67. The van der Waals surface area contributed by atoms with Gasteiger partial charge in [-0.2, -0.15) is 0 Å². The molecular weight excluding hydrogens is 256 g/mol. The monoisotopic (exact) mass is 286 g/mol. The van der Waals surface area contributed by atoms with E-state index in [1.54, 1.807) is 0 Å². The first-order chi connectivity index (χ1) is 9.34. The van der Waals surface area contributed by atoms with Gasteiger partial charge in [0.25, 0.3) is 0 Å². The van der Waals surface area contributed by atoms with Crippen molar-refractivity contribution < 1.29 is 14.6 Å². The lowest BCUT2D eigenvalue weighted by Gasteiger charge is -2.38. The second kappa shape index (κ2) is 7.96. The predicted molar refractivity (Wildman–Crippen MR) is 79.5 cm³/mol. The maximum atomic E-state index is 11.4. The average Bonchev–Trinajstić information content (AvgIpc) is 2.35. The molecule has 2 unspecified atom stereocenters. The zero-order valence-corrected chi connectivity index (χ0v) is 13.3. The van der Waals surface area contributed by atoms with Crippen LogP contribution in [0.2, 0.25) is 0 Å². The normalized spacial score (nSPS) is 24.6. The van der Waals surface area contributed by atoms with Gasteiger partial charge in [-0.3, -0.25) is 9.69 Å². The Kier molecular flexibility index (Phi) is 6.92. The van der Waals surface area contributed by atoms with Crippen molar-refractivity contribution >= 4 is 5.97 Å². The number of rotatable bonds is 6. The summed E-state index contributed by atoms with van der Waals surface area (Å²) in [5.74, 6) is 0.250. The zero-order valence-electron chi connectivity index (χ0n) is 13.3. The first-order valence-electron chi connectivity index (χ1n) is 7.47. The van der Waals surface area contributed by atoms with E-state index in [9.17, 15) is 4.79 Å². The van der Waals surface area contributed by atoms with Gasteiger partial charge >= 0.3 is 5.97 Å². The van der Waals surface area contributed by atoms with E-state index in [1.807, 2.05) is 0 Å². The maximum absolute atomic E-state index is 11.4. The number of nitrogens with one attached hydrogen (secondary N) is 1. The Morgan fingerprint density at radius 3 is 2.65 bits per heavy atom. The summed E-state index contributed by atoms with van der Waals surface area (Å²) >= 11 is 0. The third kappa shape index (κ3) is 6.68. The molecule has 0 aromatic heterocycles. The number of ether oxygens (including phenoxy) is 1. The number of aliphatic hydroxyl groups is 1. The van der Waals surface area contributed by atoms with Gasteiger partial charge < -0.3 is 15.2 Å². The number of piperidine rings is 1. The summed E-state index contributed by atoms with van der Waals surface area (Å²) in [6, 6.07) is 0.379. The lowest BCUT2D eigenvalue weighted by molar-refractivity contribution is -0.142. The molecule has 0 spiro atoms.